The fraction of sp³-hybridized carbons (Fsp3) is 0.280. The van der Waals surface area contributed by atoms with Crippen molar-refractivity contribution in [1.82, 2.24) is 14.3 Å². The van der Waals surface area contributed by atoms with E-state index in [1.807, 2.05) is 13.8 Å². The largest absolute Gasteiger partial charge is 0.496 e. The summed E-state index contributed by atoms with van der Waals surface area (Å²) in [4.78, 5) is 15.9. The Morgan fingerprint density at radius 1 is 1.03 bits per heavy atom. The molecule has 7 nitrogen and oxygen atoms in total. The summed E-state index contributed by atoms with van der Waals surface area (Å²) in [6.07, 6.45) is 2.98. The highest BCUT2D eigenvalue weighted by Crippen LogP contribution is 2.30. The molecule has 1 saturated heterocycles. The summed E-state index contributed by atoms with van der Waals surface area (Å²) in [5.41, 5.74) is 5.19. The molecule has 4 aromatic rings. The molecule has 0 saturated carbocycles. The van der Waals surface area contributed by atoms with Gasteiger partial charge in [-0.05, 0) is 44.5 Å². The number of hydrogen-bond donors (Lipinski definition) is 1. The van der Waals surface area contributed by atoms with Gasteiger partial charge in [0.2, 0.25) is 0 Å². The third-order valence-electron chi connectivity index (χ3n) is 6.40. The van der Waals surface area contributed by atoms with Crippen LogP contribution in [0.25, 0.3) is 22.1 Å². The van der Waals surface area contributed by atoms with Crippen LogP contribution in [-0.2, 0) is 6.61 Å². The molecule has 3 heterocycles. The number of ether oxygens (including phenoxy) is 1. The maximum atomic E-state index is 13.5. The number of methoxy groups -OCH3 is 1. The molecule has 164 valence electrons. The van der Waals surface area contributed by atoms with Gasteiger partial charge in [0.15, 0.2) is 0 Å². The molecular formula is C25H26N4O3. The van der Waals surface area contributed by atoms with E-state index in [1.54, 1.807) is 31.5 Å². The lowest BCUT2D eigenvalue weighted by molar-refractivity contribution is 0.274. The van der Waals surface area contributed by atoms with Crippen molar-refractivity contribution in [2.75, 3.05) is 25.1 Å². The van der Waals surface area contributed by atoms with E-state index in [0.717, 1.165) is 35.6 Å². The Labute approximate surface area is 186 Å². The summed E-state index contributed by atoms with van der Waals surface area (Å²) < 4.78 is 8.89. The normalized spacial score (nSPS) is 13.4. The summed E-state index contributed by atoms with van der Waals surface area (Å²) in [5, 5.41) is 15.4. The second-order valence-corrected chi connectivity index (χ2v) is 8.17. The Morgan fingerprint density at radius 2 is 1.81 bits per heavy atom. The summed E-state index contributed by atoms with van der Waals surface area (Å²) in [6.45, 7) is 6.04. The molecule has 0 spiro atoms. The molecule has 2 aromatic heterocycles. The molecule has 0 amide bonds. The zero-order valence-corrected chi connectivity index (χ0v) is 18.5. The van der Waals surface area contributed by atoms with Crippen LogP contribution in [0.15, 0.2) is 53.5 Å². The van der Waals surface area contributed by atoms with Crippen molar-refractivity contribution in [1.29, 1.82) is 0 Å². The van der Waals surface area contributed by atoms with Crippen LogP contribution in [-0.4, -0.2) is 39.7 Å². The number of hydrogen-bond acceptors (Lipinski definition) is 5. The quantitative estimate of drug-likeness (QED) is 0.525. The van der Waals surface area contributed by atoms with Crippen LogP contribution in [0.2, 0.25) is 0 Å². The molecule has 5 rings (SSSR count). The molecular weight excluding hydrogens is 404 g/mol. The molecule has 1 N–H and O–H groups in total. The van der Waals surface area contributed by atoms with Gasteiger partial charge in [-0.3, -0.25) is 4.79 Å². The van der Waals surface area contributed by atoms with Gasteiger partial charge in [-0.1, -0.05) is 12.1 Å². The Hall–Kier alpha value is -3.58. The van der Waals surface area contributed by atoms with Gasteiger partial charge >= 0.3 is 0 Å². The first-order valence-corrected chi connectivity index (χ1v) is 10.8. The predicted octanol–water partition coefficient (Wildman–Crippen LogP) is 3.50. The fourth-order valence-electron chi connectivity index (χ4n) is 4.53. The molecule has 0 atom stereocenters. The average molecular weight is 431 g/mol. The van der Waals surface area contributed by atoms with Crippen LogP contribution in [0, 0.1) is 13.8 Å². The van der Waals surface area contributed by atoms with Gasteiger partial charge in [0.1, 0.15) is 5.75 Å². The van der Waals surface area contributed by atoms with Crippen molar-refractivity contribution < 1.29 is 9.84 Å². The lowest BCUT2D eigenvalue weighted by atomic mass is 10.1. The molecule has 0 unspecified atom stereocenters. The number of rotatable bonds is 5. The lowest BCUT2D eigenvalue weighted by Gasteiger charge is -2.33. The first-order chi connectivity index (χ1) is 15.5. The van der Waals surface area contributed by atoms with E-state index in [9.17, 15) is 9.90 Å². The van der Waals surface area contributed by atoms with Crippen molar-refractivity contribution in [3.8, 4) is 17.1 Å². The van der Waals surface area contributed by atoms with Crippen molar-refractivity contribution in [3.05, 3.63) is 76.0 Å². The molecule has 1 fully saturated rings. The standard InChI is InChI=1S/C25H26N4O3/c1-16-22-14-26-29(21-9-8-18(15-30)23(13-21)32-3)25(31)24(22)17(2)28(16)20-7-4-6-19(12-20)27-10-5-11-27/h4,6-9,12-14,30H,5,10-11,15H2,1-3H3. The highest BCUT2D eigenvalue weighted by Gasteiger charge is 2.20. The van der Waals surface area contributed by atoms with Gasteiger partial charge in [-0.25, -0.2) is 0 Å². The number of aromatic nitrogens is 3. The first kappa shape index (κ1) is 20.3. The number of nitrogens with zero attached hydrogens (tertiary/aromatic N) is 4. The fourth-order valence-corrected chi connectivity index (χ4v) is 4.53. The molecule has 1 aliphatic heterocycles. The Balaban J connectivity index is 1.67. The van der Waals surface area contributed by atoms with Crippen LogP contribution in [0.4, 0.5) is 5.69 Å². The highest BCUT2D eigenvalue weighted by atomic mass is 16.5. The van der Waals surface area contributed by atoms with E-state index in [4.69, 9.17) is 4.74 Å². The summed E-state index contributed by atoms with van der Waals surface area (Å²) in [5.74, 6) is 0.520. The van der Waals surface area contributed by atoms with E-state index in [1.165, 1.54) is 16.8 Å². The van der Waals surface area contributed by atoms with E-state index in [2.05, 4.69) is 38.8 Å². The van der Waals surface area contributed by atoms with Gasteiger partial charge in [0.25, 0.3) is 5.56 Å². The smallest absolute Gasteiger partial charge is 0.281 e. The van der Waals surface area contributed by atoms with Gasteiger partial charge in [0, 0.05) is 52.9 Å². The van der Waals surface area contributed by atoms with Gasteiger partial charge in [-0.2, -0.15) is 9.78 Å². The molecule has 7 heteroatoms. The van der Waals surface area contributed by atoms with Crippen molar-refractivity contribution in [2.24, 2.45) is 0 Å². The zero-order valence-electron chi connectivity index (χ0n) is 18.5. The monoisotopic (exact) mass is 430 g/mol. The van der Waals surface area contributed by atoms with Crippen molar-refractivity contribution in [3.63, 3.8) is 0 Å². The highest BCUT2D eigenvalue weighted by molar-refractivity contribution is 5.88. The Bertz CT molecular complexity index is 1380. The maximum absolute atomic E-state index is 13.5. The lowest BCUT2D eigenvalue weighted by Crippen LogP contribution is -2.36. The second-order valence-electron chi connectivity index (χ2n) is 8.17. The SMILES string of the molecule is COc1cc(-n2ncc3c(C)n(-c4cccc(N5CCC5)c4)c(C)c3c2=O)ccc1CO. The van der Waals surface area contributed by atoms with Gasteiger partial charge in [-0.15, -0.1) is 0 Å². The minimum absolute atomic E-state index is 0.136. The molecule has 32 heavy (non-hydrogen) atoms. The maximum Gasteiger partial charge on any atom is 0.281 e. The molecule has 2 aromatic carbocycles. The van der Waals surface area contributed by atoms with E-state index >= 15 is 0 Å². The molecule has 0 bridgehead atoms. The summed E-state index contributed by atoms with van der Waals surface area (Å²) >= 11 is 0. The van der Waals surface area contributed by atoms with Gasteiger partial charge < -0.3 is 19.3 Å². The van der Waals surface area contributed by atoms with Gasteiger partial charge in [0.05, 0.1) is 31.0 Å². The Kier molecular flexibility index (Phi) is 4.98. The van der Waals surface area contributed by atoms with E-state index < -0.39 is 0 Å². The minimum atomic E-state index is -0.181. The number of benzene rings is 2. The third kappa shape index (κ3) is 3.08. The number of aliphatic hydroxyl groups excluding tert-OH is 1. The first-order valence-electron chi connectivity index (χ1n) is 10.8. The van der Waals surface area contributed by atoms with Crippen LogP contribution in [0.3, 0.4) is 0 Å². The van der Waals surface area contributed by atoms with Crippen molar-refractivity contribution in [2.45, 2.75) is 26.9 Å². The molecule has 0 aliphatic carbocycles. The number of anilines is 1. The van der Waals surface area contributed by atoms with E-state index in [-0.39, 0.29) is 12.2 Å². The predicted molar refractivity (Wildman–Crippen MR) is 125 cm³/mol. The second kappa shape index (κ2) is 7.84. The number of aryl methyl sites for hydroxylation is 2. The minimum Gasteiger partial charge on any atom is -0.496 e. The molecule has 0 radical (unpaired) electrons. The summed E-state index contributed by atoms with van der Waals surface area (Å²) in [7, 11) is 1.54. The van der Waals surface area contributed by atoms with Crippen molar-refractivity contribution >= 4 is 16.5 Å². The van der Waals surface area contributed by atoms with Crippen LogP contribution >= 0.6 is 0 Å². The van der Waals surface area contributed by atoms with Crippen LogP contribution in [0.1, 0.15) is 23.4 Å². The third-order valence-corrected chi connectivity index (χ3v) is 6.40. The topological polar surface area (TPSA) is 72.5 Å². The summed E-state index contributed by atoms with van der Waals surface area (Å²) in [6, 6.07) is 13.7. The number of fused-ring (bicyclic) bond motifs is 1. The average Bonchev–Trinajstić information content (AvgIpc) is 3.03. The zero-order chi connectivity index (χ0) is 22.4. The van der Waals surface area contributed by atoms with Crippen LogP contribution in [0.5, 0.6) is 5.75 Å². The van der Waals surface area contributed by atoms with Crippen LogP contribution < -0.4 is 15.2 Å². The number of aliphatic hydroxyl groups is 1. The Morgan fingerprint density at radius 3 is 2.50 bits per heavy atom. The molecule has 1 aliphatic rings. The van der Waals surface area contributed by atoms with E-state index in [0.29, 0.717) is 22.4 Å².